The lowest BCUT2D eigenvalue weighted by Crippen LogP contribution is -2.02. The van der Waals surface area contributed by atoms with Crippen LogP contribution in [0.3, 0.4) is 0 Å². The van der Waals surface area contributed by atoms with Crippen LogP contribution in [0.15, 0.2) is 22.0 Å². The van der Waals surface area contributed by atoms with E-state index >= 15 is 0 Å². The number of rotatable bonds is 2. The van der Waals surface area contributed by atoms with E-state index in [1.165, 1.54) is 24.3 Å². The summed E-state index contributed by atoms with van der Waals surface area (Å²) in [6.07, 6.45) is -1.15. The number of aliphatic hydroxyl groups excluding tert-OH is 1. The summed E-state index contributed by atoms with van der Waals surface area (Å²) in [7, 11) is 0. The van der Waals surface area contributed by atoms with Crippen LogP contribution in [-0.2, 0) is 0 Å². The molecule has 0 aliphatic heterocycles. The minimum atomic E-state index is -1.15. The van der Waals surface area contributed by atoms with E-state index in [9.17, 15) is 13.9 Å². The molecule has 18 heavy (non-hydrogen) atoms. The smallest absolute Gasteiger partial charge is 0.132 e. The van der Waals surface area contributed by atoms with Crippen LogP contribution < -0.4 is 0 Å². The highest BCUT2D eigenvalue weighted by molar-refractivity contribution is 9.11. The molecule has 0 fully saturated rings. The first-order valence-electron chi connectivity index (χ1n) is 4.98. The Labute approximate surface area is 120 Å². The summed E-state index contributed by atoms with van der Waals surface area (Å²) in [6, 6.07) is 3.63. The Balaban J connectivity index is 2.45. The van der Waals surface area contributed by atoms with Gasteiger partial charge in [-0.2, -0.15) is 0 Å². The van der Waals surface area contributed by atoms with Gasteiger partial charge in [0.15, 0.2) is 0 Å². The summed E-state index contributed by atoms with van der Waals surface area (Å²) in [4.78, 5) is 0.497. The van der Waals surface area contributed by atoms with E-state index in [2.05, 4.69) is 15.9 Å². The van der Waals surface area contributed by atoms with Gasteiger partial charge in [0.05, 0.1) is 8.81 Å². The molecule has 1 atom stereocenters. The van der Waals surface area contributed by atoms with Gasteiger partial charge in [-0.3, -0.25) is 0 Å². The molecule has 2 aromatic rings. The summed E-state index contributed by atoms with van der Waals surface area (Å²) in [5.41, 5.74) is 0.325. The second-order valence-corrected chi connectivity index (χ2v) is 6.60. The second kappa shape index (κ2) is 5.25. The Morgan fingerprint density at radius 3 is 2.50 bits per heavy atom. The summed E-state index contributed by atoms with van der Waals surface area (Å²) in [5, 5.41) is 10.5. The quantitative estimate of drug-likeness (QED) is 0.819. The van der Waals surface area contributed by atoms with Gasteiger partial charge in [-0.1, -0.05) is 11.6 Å². The highest BCUT2D eigenvalue weighted by Crippen LogP contribution is 2.38. The number of aryl methyl sites for hydroxylation is 1. The van der Waals surface area contributed by atoms with Crippen molar-refractivity contribution in [3.8, 4) is 0 Å². The van der Waals surface area contributed by atoms with E-state index < -0.39 is 17.7 Å². The lowest BCUT2D eigenvalue weighted by Gasteiger charge is -2.11. The third-order valence-corrected chi connectivity index (χ3v) is 5.03. The van der Waals surface area contributed by atoms with Crippen molar-refractivity contribution >= 4 is 38.9 Å². The molecule has 1 heterocycles. The fraction of sp³-hybridized carbons (Fsp3) is 0.167. The van der Waals surface area contributed by atoms with Crippen molar-refractivity contribution in [1.29, 1.82) is 0 Å². The number of halogens is 4. The van der Waals surface area contributed by atoms with Gasteiger partial charge in [-0.15, -0.1) is 11.3 Å². The van der Waals surface area contributed by atoms with Crippen LogP contribution >= 0.6 is 38.9 Å². The summed E-state index contributed by atoms with van der Waals surface area (Å²) >= 11 is 10.3. The normalized spacial score (nSPS) is 12.8. The van der Waals surface area contributed by atoms with Gasteiger partial charge in [0.25, 0.3) is 0 Å². The van der Waals surface area contributed by atoms with Crippen molar-refractivity contribution in [2.75, 3.05) is 0 Å². The second-order valence-electron chi connectivity index (χ2n) is 3.80. The van der Waals surface area contributed by atoms with Crippen molar-refractivity contribution in [3.05, 3.63) is 54.6 Å². The topological polar surface area (TPSA) is 20.2 Å². The van der Waals surface area contributed by atoms with E-state index in [-0.39, 0.29) is 11.1 Å². The number of thiophene rings is 1. The van der Waals surface area contributed by atoms with E-state index in [1.807, 2.05) is 0 Å². The Bertz CT molecular complexity index is 581. The first-order valence-corrected chi connectivity index (χ1v) is 6.97. The largest absolute Gasteiger partial charge is 0.383 e. The molecule has 1 unspecified atom stereocenters. The summed E-state index contributed by atoms with van der Waals surface area (Å²) < 4.78 is 27.4. The van der Waals surface area contributed by atoms with Crippen LogP contribution in [0.4, 0.5) is 8.78 Å². The SMILES string of the molecule is Cc1cc(C(O)c2cc(Cl)c(Br)s2)c(F)cc1F. The molecule has 1 aromatic heterocycles. The fourth-order valence-electron chi connectivity index (χ4n) is 1.54. The summed E-state index contributed by atoms with van der Waals surface area (Å²) in [6.45, 7) is 1.52. The molecule has 0 amide bonds. The molecule has 0 aliphatic carbocycles. The number of hydrogen-bond donors (Lipinski definition) is 1. The van der Waals surface area contributed by atoms with Gasteiger partial charge in [0, 0.05) is 16.5 Å². The van der Waals surface area contributed by atoms with Gasteiger partial charge < -0.3 is 5.11 Å². The van der Waals surface area contributed by atoms with Gasteiger partial charge in [-0.05, 0) is 40.5 Å². The van der Waals surface area contributed by atoms with Gasteiger partial charge in [0.1, 0.15) is 17.7 Å². The van der Waals surface area contributed by atoms with Gasteiger partial charge in [-0.25, -0.2) is 8.78 Å². The lowest BCUT2D eigenvalue weighted by atomic mass is 10.0. The molecule has 0 bridgehead atoms. The molecule has 96 valence electrons. The minimum Gasteiger partial charge on any atom is -0.383 e. The standard InChI is InChI=1S/C12H8BrClF2OS/c1-5-2-6(9(16)4-8(5)15)11(17)10-3-7(14)12(13)18-10/h2-4,11,17H,1H3. The molecule has 0 saturated carbocycles. The molecule has 0 radical (unpaired) electrons. The molecule has 1 N–H and O–H groups in total. The molecular weight excluding hydrogens is 346 g/mol. The Hall–Kier alpha value is -0.490. The molecule has 1 aromatic carbocycles. The Kier molecular flexibility index (Phi) is 4.06. The van der Waals surface area contributed by atoms with Gasteiger partial charge >= 0.3 is 0 Å². The Morgan fingerprint density at radius 1 is 1.28 bits per heavy atom. The van der Waals surface area contributed by atoms with E-state index in [0.29, 0.717) is 13.7 Å². The zero-order valence-electron chi connectivity index (χ0n) is 9.18. The highest BCUT2D eigenvalue weighted by atomic mass is 79.9. The van der Waals surface area contributed by atoms with Crippen molar-refractivity contribution in [1.82, 2.24) is 0 Å². The molecule has 0 aliphatic rings. The van der Waals surface area contributed by atoms with E-state index in [1.54, 1.807) is 6.07 Å². The first kappa shape index (κ1) is 13.9. The van der Waals surface area contributed by atoms with Crippen molar-refractivity contribution in [2.45, 2.75) is 13.0 Å². The minimum absolute atomic E-state index is 0.0410. The predicted octanol–water partition coefficient (Wildman–Crippen LogP) is 4.83. The van der Waals surface area contributed by atoms with Crippen molar-refractivity contribution in [2.24, 2.45) is 0 Å². The molecule has 0 saturated heterocycles. The van der Waals surface area contributed by atoms with Crippen molar-refractivity contribution < 1.29 is 13.9 Å². The average molecular weight is 354 g/mol. The maximum absolute atomic E-state index is 13.6. The zero-order valence-corrected chi connectivity index (χ0v) is 12.3. The molecular formula is C12H8BrClF2OS. The van der Waals surface area contributed by atoms with Crippen LogP contribution in [0.2, 0.25) is 5.02 Å². The van der Waals surface area contributed by atoms with Crippen LogP contribution in [0.25, 0.3) is 0 Å². The van der Waals surface area contributed by atoms with Crippen LogP contribution in [0.5, 0.6) is 0 Å². The number of benzene rings is 1. The van der Waals surface area contributed by atoms with E-state index in [0.717, 1.165) is 6.07 Å². The molecule has 1 nitrogen and oxygen atoms in total. The lowest BCUT2D eigenvalue weighted by molar-refractivity contribution is 0.218. The molecule has 6 heteroatoms. The monoisotopic (exact) mass is 352 g/mol. The maximum atomic E-state index is 13.6. The number of aliphatic hydroxyl groups is 1. The van der Waals surface area contributed by atoms with Crippen LogP contribution in [-0.4, -0.2) is 5.11 Å². The summed E-state index contributed by atoms with van der Waals surface area (Å²) in [5.74, 6) is -1.40. The van der Waals surface area contributed by atoms with Crippen molar-refractivity contribution in [3.63, 3.8) is 0 Å². The third-order valence-electron chi connectivity index (χ3n) is 2.51. The first-order chi connectivity index (χ1) is 8.40. The molecule has 0 spiro atoms. The molecule has 2 rings (SSSR count). The average Bonchev–Trinajstić information content (AvgIpc) is 2.63. The van der Waals surface area contributed by atoms with E-state index in [4.69, 9.17) is 11.6 Å². The fourth-order valence-corrected chi connectivity index (χ4v) is 3.29. The number of hydrogen-bond acceptors (Lipinski definition) is 2. The third kappa shape index (κ3) is 2.59. The van der Waals surface area contributed by atoms with Crippen LogP contribution in [0.1, 0.15) is 22.1 Å². The maximum Gasteiger partial charge on any atom is 0.132 e. The highest BCUT2D eigenvalue weighted by Gasteiger charge is 2.20. The zero-order chi connectivity index (χ0) is 13.4. The van der Waals surface area contributed by atoms with Crippen LogP contribution in [0, 0.1) is 18.6 Å². The Morgan fingerprint density at radius 2 is 1.94 bits per heavy atom. The predicted molar refractivity (Wildman–Crippen MR) is 72.2 cm³/mol. The van der Waals surface area contributed by atoms with Gasteiger partial charge in [0.2, 0.25) is 0 Å².